The average molecular weight is 219 g/mol. The molecule has 0 aromatic heterocycles. The monoisotopic (exact) mass is 219 g/mol. The molecule has 0 amide bonds. The van der Waals surface area contributed by atoms with E-state index in [9.17, 15) is 5.11 Å². The fraction of sp³-hybridized carbons (Fsp3) is 0.231. The highest BCUT2D eigenvalue weighted by Gasteiger charge is 2.05. The molecule has 0 aliphatic carbocycles. The molecule has 0 unspecified atom stereocenters. The molecule has 0 radical (unpaired) electrons. The number of rotatable bonds is 5. The number of aromatic hydroxyl groups is 1. The summed E-state index contributed by atoms with van der Waals surface area (Å²) in [6, 6.07) is 6.80. The largest absolute Gasteiger partial charge is 0.508 e. The lowest BCUT2D eigenvalue weighted by molar-refractivity contribution is 0.215. The second kappa shape index (κ2) is 5.98. The zero-order valence-electron chi connectivity index (χ0n) is 9.40. The van der Waals surface area contributed by atoms with E-state index >= 15 is 0 Å². The topological polar surface area (TPSA) is 52.5 Å². The molecule has 3 N–H and O–H groups in total. The third-order valence-corrected chi connectivity index (χ3v) is 2.32. The summed E-state index contributed by atoms with van der Waals surface area (Å²) in [7, 11) is 0. The second-order valence-electron chi connectivity index (χ2n) is 3.59. The summed E-state index contributed by atoms with van der Waals surface area (Å²) >= 11 is 0. The Morgan fingerprint density at radius 2 is 2.00 bits per heavy atom. The quantitative estimate of drug-likeness (QED) is 0.527. The van der Waals surface area contributed by atoms with Crippen molar-refractivity contribution < 1.29 is 10.3 Å². The van der Waals surface area contributed by atoms with E-state index in [1.54, 1.807) is 24.3 Å². The molecule has 1 rings (SSSR count). The average Bonchev–Trinajstić information content (AvgIpc) is 2.28. The predicted molar refractivity (Wildman–Crippen MR) is 65.1 cm³/mol. The van der Waals surface area contributed by atoms with Crippen LogP contribution in [0.25, 0.3) is 5.57 Å². The van der Waals surface area contributed by atoms with Gasteiger partial charge in [0.05, 0.1) is 0 Å². The minimum atomic E-state index is 0.223. The van der Waals surface area contributed by atoms with Crippen LogP contribution in [0.2, 0.25) is 0 Å². The van der Waals surface area contributed by atoms with Crippen LogP contribution in [0.4, 0.5) is 0 Å². The molecular weight excluding hydrogens is 202 g/mol. The Morgan fingerprint density at radius 3 is 2.50 bits per heavy atom. The van der Waals surface area contributed by atoms with Gasteiger partial charge in [-0.3, -0.25) is 10.7 Å². The first kappa shape index (κ1) is 12.3. The van der Waals surface area contributed by atoms with E-state index in [-0.39, 0.29) is 5.75 Å². The molecule has 0 bridgehead atoms. The Bertz CT molecular complexity index is 379. The highest BCUT2D eigenvalue weighted by Crippen LogP contribution is 2.25. The molecule has 0 fully saturated rings. The fourth-order valence-electron chi connectivity index (χ4n) is 1.53. The first-order valence-electron chi connectivity index (χ1n) is 5.26. The highest BCUT2D eigenvalue weighted by atomic mass is 16.5. The molecule has 0 aliphatic rings. The summed E-state index contributed by atoms with van der Waals surface area (Å²) in [5, 5.41) is 18.0. The van der Waals surface area contributed by atoms with Crippen LogP contribution >= 0.6 is 0 Å². The Hall–Kier alpha value is -1.74. The van der Waals surface area contributed by atoms with Crippen molar-refractivity contribution in [3.63, 3.8) is 0 Å². The highest BCUT2D eigenvalue weighted by molar-refractivity contribution is 5.78. The third kappa shape index (κ3) is 3.14. The van der Waals surface area contributed by atoms with Crippen molar-refractivity contribution in [2.24, 2.45) is 0 Å². The summed E-state index contributed by atoms with van der Waals surface area (Å²) in [5.74, 6) is 0.223. The number of hydrogen-bond acceptors (Lipinski definition) is 3. The van der Waals surface area contributed by atoms with E-state index in [0.717, 1.165) is 29.6 Å². The smallest absolute Gasteiger partial charge is 0.115 e. The number of benzene rings is 1. The van der Waals surface area contributed by atoms with Crippen molar-refractivity contribution in [1.29, 1.82) is 0 Å². The minimum Gasteiger partial charge on any atom is -0.508 e. The van der Waals surface area contributed by atoms with Crippen LogP contribution < -0.4 is 5.48 Å². The molecule has 0 atom stereocenters. The van der Waals surface area contributed by atoms with Gasteiger partial charge in [-0.05, 0) is 29.7 Å². The Balaban J connectivity index is 2.99. The Labute approximate surface area is 95.7 Å². The number of hydroxylamine groups is 1. The van der Waals surface area contributed by atoms with Crippen LogP contribution in [-0.2, 0) is 0 Å². The lowest BCUT2D eigenvalue weighted by Crippen LogP contribution is -1.99. The SMILES string of the molecule is C=C(CCC)/C(=C\NO)c1ccc(O)cc1. The summed E-state index contributed by atoms with van der Waals surface area (Å²) in [6.07, 6.45) is 3.37. The van der Waals surface area contributed by atoms with Crippen LogP contribution in [0.5, 0.6) is 5.75 Å². The number of allylic oxidation sites excluding steroid dienone is 2. The van der Waals surface area contributed by atoms with Gasteiger partial charge < -0.3 is 5.11 Å². The van der Waals surface area contributed by atoms with Gasteiger partial charge in [0.15, 0.2) is 0 Å². The zero-order valence-corrected chi connectivity index (χ0v) is 9.40. The van der Waals surface area contributed by atoms with E-state index < -0.39 is 0 Å². The van der Waals surface area contributed by atoms with Gasteiger partial charge in [0.1, 0.15) is 5.75 Å². The van der Waals surface area contributed by atoms with Crippen molar-refractivity contribution in [3.05, 3.63) is 48.2 Å². The van der Waals surface area contributed by atoms with Crippen molar-refractivity contribution in [3.8, 4) is 5.75 Å². The number of nitrogens with one attached hydrogen (secondary N) is 1. The molecule has 1 aromatic carbocycles. The molecular formula is C13H17NO2. The van der Waals surface area contributed by atoms with Gasteiger partial charge in [-0.2, -0.15) is 0 Å². The van der Waals surface area contributed by atoms with Crippen molar-refractivity contribution in [1.82, 2.24) is 5.48 Å². The maximum atomic E-state index is 9.20. The maximum absolute atomic E-state index is 9.20. The molecule has 3 nitrogen and oxygen atoms in total. The number of phenolic OH excluding ortho intramolecular Hbond substituents is 1. The van der Waals surface area contributed by atoms with E-state index in [1.807, 2.05) is 5.48 Å². The molecule has 0 heterocycles. The third-order valence-electron chi connectivity index (χ3n) is 2.32. The molecule has 1 aromatic rings. The first-order valence-corrected chi connectivity index (χ1v) is 5.26. The Kier molecular flexibility index (Phi) is 4.61. The Morgan fingerprint density at radius 1 is 1.38 bits per heavy atom. The van der Waals surface area contributed by atoms with Crippen LogP contribution in [0.3, 0.4) is 0 Å². The van der Waals surface area contributed by atoms with Crippen LogP contribution in [-0.4, -0.2) is 10.3 Å². The van der Waals surface area contributed by atoms with E-state index in [0.29, 0.717) is 0 Å². The molecule has 16 heavy (non-hydrogen) atoms. The first-order chi connectivity index (χ1) is 7.69. The second-order valence-corrected chi connectivity index (χ2v) is 3.59. The van der Waals surface area contributed by atoms with Gasteiger partial charge in [-0.25, -0.2) is 0 Å². The van der Waals surface area contributed by atoms with Crippen LogP contribution in [0, 0.1) is 0 Å². The van der Waals surface area contributed by atoms with Crippen LogP contribution in [0.15, 0.2) is 42.6 Å². The maximum Gasteiger partial charge on any atom is 0.115 e. The minimum absolute atomic E-state index is 0.223. The number of hydrogen-bond donors (Lipinski definition) is 3. The summed E-state index contributed by atoms with van der Waals surface area (Å²) in [4.78, 5) is 0. The summed E-state index contributed by atoms with van der Waals surface area (Å²) < 4.78 is 0. The summed E-state index contributed by atoms with van der Waals surface area (Å²) in [5.41, 5.74) is 4.75. The van der Waals surface area contributed by atoms with Crippen molar-refractivity contribution in [2.75, 3.05) is 0 Å². The van der Waals surface area contributed by atoms with Gasteiger partial charge >= 0.3 is 0 Å². The molecule has 3 heteroatoms. The van der Waals surface area contributed by atoms with Gasteiger partial charge in [-0.15, -0.1) is 0 Å². The van der Waals surface area contributed by atoms with Gasteiger partial charge in [0.25, 0.3) is 0 Å². The van der Waals surface area contributed by atoms with Gasteiger partial charge in [-0.1, -0.05) is 32.1 Å². The van der Waals surface area contributed by atoms with E-state index in [4.69, 9.17) is 5.21 Å². The standard InChI is InChI=1S/C13H17NO2/c1-3-4-10(2)13(9-14-16)11-5-7-12(15)8-6-11/h5-9,14-16H,2-4H2,1H3/b13-9+. The normalized spacial score (nSPS) is 11.2. The molecule has 0 aliphatic heterocycles. The lowest BCUT2D eigenvalue weighted by atomic mass is 9.97. The van der Waals surface area contributed by atoms with E-state index in [1.165, 1.54) is 6.20 Å². The molecule has 0 saturated carbocycles. The molecule has 0 spiro atoms. The van der Waals surface area contributed by atoms with Gasteiger partial charge in [0, 0.05) is 11.8 Å². The molecule has 86 valence electrons. The number of phenols is 1. The summed E-state index contributed by atoms with van der Waals surface area (Å²) in [6.45, 7) is 6.06. The van der Waals surface area contributed by atoms with E-state index in [2.05, 4.69) is 13.5 Å². The lowest BCUT2D eigenvalue weighted by Gasteiger charge is -2.10. The molecule has 0 saturated heterocycles. The predicted octanol–water partition coefficient (Wildman–Crippen LogP) is 3.07. The fourth-order valence-corrected chi connectivity index (χ4v) is 1.53. The van der Waals surface area contributed by atoms with Crippen molar-refractivity contribution in [2.45, 2.75) is 19.8 Å². The van der Waals surface area contributed by atoms with Gasteiger partial charge in [0.2, 0.25) is 0 Å². The van der Waals surface area contributed by atoms with Crippen LogP contribution in [0.1, 0.15) is 25.3 Å². The zero-order chi connectivity index (χ0) is 12.0. The van der Waals surface area contributed by atoms with Crippen molar-refractivity contribution >= 4 is 5.57 Å².